The predicted molar refractivity (Wildman–Crippen MR) is 110 cm³/mol. The summed E-state index contributed by atoms with van der Waals surface area (Å²) in [6.45, 7) is 9.33. The second-order valence-electron chi connectivity index (χ2n) is 7.71. The molecule has 5 nitrogen and oxygen atoms in total. The van der Waals surface area contributed by atoms with E-state index >= 15 is 0 Å². The quantitative estimate of drug-likeness (QED) is 0.634. The Morgan fingerprint density at radius 2 is 1.96 bits per heavy atom. The smallest absolute Gasteiger partial charge is 0.233 e. The van der Waals surface area contributed by atoms with Gasteiger partial charge in [0, 0.05) is 12.6 Å². The third-order valence-electron chi connectivity index (χ3n) is 5.50. The minimum absolute atomic E-state index is 0.202. The third-order valence-corrected chi connectivity index (χ3v) is 6.42. The average Bonchev–Trinajstić information content (AvgIpc) is 3.04. The Morgan fingerprint density at radius 1 is 1.15 bits per heavy atom. The molecule has 3 aromatic rings. The van der Waals surface area contributed by atoms with Crippen LogP contribution in [0.1, 0.15) is 42.9 Å². The molecule has 1 aromatic carbocycles. The van der Waals surface area contributed by atoms with Crippen LogP contribution < -0.4 is 0 Å². The van der Waals surface area contributed by atoms with Crippen LogP contribution in [0.15, 0.2) is 23.4 Å². The Labute approximate surface area is 164 Å². The highest BCUT2D eigenvalue weighted by Gasteiger charge is 2.24. The van der Waals surface area contributed by atoms with Crippen molar-refractivity contribution in [2.75, 3.05) is 12.3 Å². The topological polar surface area (TPSA) is 50.5 Å². The third kappa shape index (κ3) is 3.31. The zero-order chi connectivity index (χ0) is 19.1. The van der Waals surface area contributed by atoms with Crippen molar-refractivity contribution in [1.82, 2.24) is 19.5 Å². The van der Waals surface area contributed by atoms with Crippen LogP contribution in [0.25, 0.3) is 16.6 Å². The maximum absolute atomic E-state index is 12.7. The number of hydrogen-bond donors (Lipinski definition) is 0. The Balaban J connectivity index is 1.69. The molecule has 1 saturated heterocycles. The minimum atomic E-state index is 0.202. The molecular formula is C21H26N4OS. The van der Waals surface area contributed by atoms with Crippen LogP contribution in [0.2, 0.25) is 0 Å². The van der Waals surface area contributed by atoms with E-state index in [2.05, 4.69) is 60.5 Å². The number of aromatic nitrogens is 3. The van der Waals surface area contributed by atoms with Crippen molar-refractivity contribution in [3.05, 3.63) is 34.9 Å². The molecule has 1 aliphatic rings. The summed E-state index contributed by atoms with van der Waals surface area (Å²) in [5.41, 5.74) is 5.55. The number of carbonyl (C=O) groups is 1. The van der Waals surface area contributed by atoms with E-state index in [1.165, 1.54) is 34.7 Å². The van der Waals surface area contributed by atoms with Crippen LogP contribution >= 0.6 is 11.8 Å². The molecule has 0 spiro atoms. The number of thioether (sulfide) groups is 1. The highest BCUT2D eigenvalue weighted by atomic mass is 32.2. The van der Waals surface area contributed by atoms with Crippen LogP contribution in [-0.4, -0.2) is 43.7 Å². The van der Waals surface area contributed by atoms with Crippen molar-refractivity contribution in [3.8, 4) is 0 Å². The summed E-state index contributed by atoms with van der Waals surface area (Å²) < 4.78 is 2.12. The van der Waals surface area contributed by atoms with Gasteiger partial charge in [-0.25, -0.2) is 0 Å². The van der Waals surface area contributed by atoms with E-state index in [-0.39, 0.29) is 5.91 Å². The number of carbonyl (C=O) groups excluding carboxylic acids is 1. The minimum Gasteiger partial charge on any atom is -0.339 e. The Morgan fingerprint density at radius 3 is 2.74 bits per heavy atom. The highest BCUT2D eigenvalue weighted by Crippen LogP contribution is 2.29. The summed E-state index contributed by atoms with van der Waals surface area (Å²) in [6, 6.07) is 6.90. The number of nitrogens with zero attached hydrogens (tertiary/aromatic N) is 4. The molecule has 2 aromatic heterocycles. The number of amides is 1. The van der Waals surface area contributed by atoms with E-state index in [1.54, 1.807) is 0 Å². The van der Waals surface area contributed by atoms with Gasteiger partial charge in [-0.3, -0.25) is 9.20 Å². The molecule has 1 fully saturated rings. The fraction of sp³-hybridized carbons (Fsp3) is 0.476. The molecule has 4 rings (SSSR count). The van der Waals surface area contributed by atoms with Crippen molar-refractivity contribution < 1.29 is 4.79 Å². The number of benzene rings is 1. The van der Waals surface area contributed by atoms with Crippen LogP contribution in [-0.2, 0) is 4.79 Å². The van der Waals surface area contributed by atoms with Gasteiger partial charge in [0.2, 0.25) is 5.91 Å². The number of likely N-dealkylation sites (tertiary alicyclic amines) is 1. The first-order chi connectivity index (χ1) is 13.0. The molecule has 0 radical (unpaired) electrons. The maximum Gasteiger partial charge on any atom is 0.233 e. The molecule has 1 aliphatic heterocycles. The van der Waals surface area contributed by atoms with Crippen molar-refractivity contribution >= 4 is 34.2 Å². The van der Waals surface area contributed by atoms with Gasteiger partial charge < -0.3 is 4.90 Å². The Hall–Kier alpha value is -2.08. The van der Waals surface area contributed by atoms with Gasteiger partial charge in [0.1, 0.15) is 0 Å². The molecule has 142 valence electrons. The molecule has 27 heavy (non-hydrogen) atoms. The molecule has 0 N–H and O–H groups in total. The molecule has 3 heterocycles. The van der Waals surface area contributed by atoms with E-state index in [0.717, 1.165) is 41.3 Å². The van der Waals surface area contributed by atoms with Crippen LogP contribution in [0.4, 0.5) is 0 Å². The summed E-state index contributed by atoms with van der Waals surface area (Å²) in [5.74, 6) is 0.611. The first kappa shape index (κ1) is 18.3. The first-order valence-electron chi connectivity index (χ1n) is 9.63. The van der Waals surface area contributed by atoms with E-state index < -0.39 is 0 Å². The monoisotopic (exact) mass is 382 g/mol. The summed E-state index contributed by atoms with van der Waals surface area (Å²) in [4.78, 5) is 14.8. The van der Waals surface area contributed by atoms with E-state index in [1.807, 2.05) is 4.90 Å². The summed E-state index contributed by atoms with van der Waals surface area (Å²) in [5, 5.41) is 10.8. The normalized spacial score (nSPS) is 17.8. The molecule has 0 unspecified atom stereocenters. The molecule has 0 saturated carbocycles. The maximum atomic E-state index is 12.7. The SMILES string of the molecule is Cc1cc(C)c2c(c1)cc(C)c1nnc(SCC(=O)N3CCCC[C@H]3C)n12. The lowest BCUT2D eigenvalue weighted by molar-refractivity contribution is -0.131. The van der Waals surface area contributed by atoms with Crippen LogP contribution in [0.3, 0.4) is 0 Å². The number of pyridine rings is 1. The Bertz CT molecular complexity index is 1030. The number of hydrogen-bond acceptors (Lipinski definition) is 4. The van der Waals surface area contributed by atoms with Gasteiger partial charge in [-0.1, -0.05) is 23.4 Å². The second kappa shape index (κ2) is 7.15. The molecule has 0 aliphatic carbocycles. The van der Waals surface area contributed by atoms with Gasteiger partial charge >= 0.3 is 0 Å². The largest absolute Gasteiger partial charge is 0.339 e. The zero-order valence-electron chi connectivity index (χ0n) is 16.5. The lowest BCUT2D eigenvalue weighted by atomic mass is 10.0. The molecule has 1 amide bonds. The number of rotatable bonds is 3. The first-order valence-corrected chi connectivity index (χ1v) is 10.6. The van der Waals surface area contributed by atoms with Crippen LogP contribution in [0, 0.1) is 20.8 Å². The van der Waals surface area contributed by atoms with Crippen molar-refractivity contribution in [1.29, 1.82) is 0 Å². The zero-order valence-corrected chi connectivity index (χ0v) is 17.3. The molecule has 6 heteroatoms. The molecular weight excluding hydrogens is 356 g/mol. The molecule has 0 bridgehead atoms. The Kier molecular flexibility index (Phi) is 4.84. The van der Waals surface area contributed by atoms with Crippen molar-refractivity contribution in [2.24, 2.45) is 0 Å². The highest BCUT2D eigenvalue weighted by molar-refractivity contribution is 7.99. The van der Waals surface area contributed by atoms with Crippen molar-refractivity contribution in [3.63, 3.8) is 0 Å². The van der Waals surface area contributed by atoms with E-state index in [0.29, 0.717) is 11.8 Å². The number of aryl methyl sites for hydroxylation is 3. The second-order valence-corrected chi connectivity index (χ2v) is 8.65. The lowest BCUT2D eigenvalue weighted by Gasteiger charge is -2.33. The van der Waals surface area contributed by atoms with E-state index in [4.69, 9.17) is 0 Å². The van der Waals surface area contributed by atoms with E-state index in [9.17, 15) is 4.79 Å². The number of piperidine rings is 1. The van der Waals surface area contributed by atoms with Crippen LogP contribution in [0.5, 0.6) is 0 Å². The van der Waals surface area contributed by atoms with Gasteiger partial charge in [-0.15, -0.1) is 10.2 Å². The molecule has 1 atom stereocenters. The fourth-order valence-corrected chi connectivity index (χ4v) is 5.03. The van der Waals surface area contributed by atoms with Gasteiger partial charge in [0.25, 0.3) is 0 Å². The van der Waals surface area contributed by atoms with Gasteiger partial charge in [-0.05, 0) is 75.6 Å². The summed E-state index contributed by atoms with van der Waals surface area (Å²) in [7, 11) is 0. The lowest BCUT2D eigenvalue weighted by Crippen LogP contribution is -2.42. The van der Waals surface area contributed by atoms with Gasteiger partial charge in [-0.2, -0.15) is 0 Å². The summed E-state index contributed by atoms with van der Waals surface area (Å²) >= 11 is 1.49. The van der Waals surface area contributed by atoms with Gasteiger partial charge in [0.15, 0.2) is 10.8 Å². The predicted octanol–water partition coefficient (Wildman–Crippen LogP) is 4.30. The van der Waals surface area contributed by atoms with Crippen molar-refractivity contribution in [2.45, 2.75) is 58.2 Å². The number of fused-ring (bicyclic) bond motifs is 3. The average molecular weight is 383 g/mol. The van der Waals surface area contributed by atoms with Gasteiger partial charge in [0.05, 0.1) is 11.3 Å². The fourth-order valence-electron chi connectivity index (χ4n) is 4.20. The standard InChI is InChI=1S/C21H26N4OS/c1-13-9-14(2)19-17(10-13)11-15(3)20-22-23-21(25(19)20)27-12-18(26)24-8-6-5-7-16(24)4/h9-11,16H,5-8,12H2,1-4H3/t16-/m1/s1. The summed E-state index contributed by atoms with van der Waals surface area (Å²) in [6.07, 6.45) is 3.43.